The first-order chi connectivity index (χ1) is 15.6. The van der Waals surface area contributed by atoms with Gasteiger partial charge in [0, 0.05) is 6.07 Å². The Bertz CT molecular complexity index is 1240. The number of hydrogen-bond donors (Lipinski definition) is 0. The lowest BCUT2D eigenvalue weighted by Gasteiger charge is -2.26. The van der Waals surface area contributed by atoms with E-state index in [1.165, 1.54) is 39.0 Å². The van der Waals surface area contributed by atoms with Crippen LogP contribution in [-0.2, 0) is 36.2 Å². The van der Waals surface area contributed by atoms with E-state index in [-0.39, 0.29) is 26.8 Å². The number of ether oxygens (including phenoxy) is 2. The maximum Gasteiger partial charge on any atom is 0.459 e. The highest BCUT2D eigenvalue weighted by atomic mass is 32.2. The second-order valence-electron chi connectivity index (χ2n) is 8.13. The number of hydroxylamine groups is 1. The molecule has 0 spiro atoms. The molecule has 2 aromatic rings. The van der Waals surface area contributed by atoms with Gasteiger partial charge in [0.25, 0.3) is 10.0 Å². The Hall–Kier alpha value is -3.32. The summed E-state index contributed by atoms with van der Waals surface area (Å²) in [7, 11) is -8.79. The SMILES string of the molecule is CC(C)(C)OC(=O)N(OC(=O)N(c1cccc(OCc2ccccc2)c1)S(C)(=O)=O)S(C)(=O)=O. The second-order valence-corrected chi connectivity index (χ2v) is 11.8. The van der Waals surface area contributed by atoms with Crippen molar-refractivity contribution in [1.82, 2.24) is 4.47 Å². The molecular formula is C21H26N2O9S2. The average Bonchev–Trinajstić information content (AvgIpc) is 2.68. The van der Waals surface area contributed by atoms with E-state index in [0.717, 1.165) is 5.56 Å². The minimum atomic E-state index is -4.47. The minimum Gasteiger partial charge on any atom is -0.489 e. The maximum atomic E-state index is 12.8. The largest absolute Gasteiger partial charge is 0.489 e. The van der Waals surface area contributed by atoms with E-state index >= 15 is 0 Å². The van der Waals surface area contributed by atoms with Crippen molar-refractivity contribution in [3.8, 4) is 5.75 Å². The third-order valence-corrected chi connectivity index (χ3v) is 5.65. The number of rotatable bonds is 6. The third kappa shape index (κ3) is 7.92. The molecule has 13 heteroatoms. The molecule has 0 radical (unpaired) electrons. The van der Waals surface area contributed by atoms with Gasteiger partial charge in [-0.3, -0.25) is 4.84 Å². The van der Waals surface area contributed by atoms with Crippen LogP contribution in [0.25, 0.3) is 0 Å². The van der Waals surface area contributed by atoms with Crippen LogP contribution in [0.15, 0.2) is 54.6 Å². The highest BCUT2D eigenvalue weighted by molar-refractivity contribution is 7.92. The van der Waals surface area contributed by atoms with Crippen molar-refractivity contribution in [3.05, 3.63) is 60.2 Å². The standard InChI is InChI=1S/C21H26N2O9S2/c1-21(2,3)31-20(25)23(34(5,28)29)32-19(24)22(33(4,26)27)17-12-9-13-18(14-17)30-15-16-10-7-6-8-11-16/h6-14H,15H2,1-5H3. The fourth-order valence-corrected chi connectivity index (χ4v) is 3.83. The molecule has 0 aliphatic heterocycles. The highest BCUT2D eigenvalue weighted by Gasteiger charge is 2.37. The summed E-state index contributed by atoms with van der Waals surface area (Å²) in [6.45, 7) is 4.58. The van der Waals surface area contributed by atoms with Crippen LogP contribution in [0.2, 0.25) is 0 Å². The first-order valence-electron chi connectivity index (χ1n) is 9.80. The van der Waals surface area contributed by atoms with Crippen molar-refractivity contribution < 1.29 is 40.7 Å². The molecular weight excluding hydrogens is 488 g/mol. The van der Waals surface area contributed by atoms with E-state index in [2.05, 4.69) is 4.84 Å². The number of carbonyl (C=O) groups excluding carboxylic acids is 2. The Labute approximate surface area is 198 Å². The lowest BCUT2D eigenvalue weighted by molar-refractivity contribution is -0.0432. The van der Waals surface area contributed by atoms with Gasteiger partial charge in [-0.15, -0.1) is 0 Å². The van der Waals surface area contributed by atoms with Crippen molar-refractivity contribution >= 4 is 37.9 Å². The Morgan fingerprint density at radius 3 is 2.00 bits per heavy atom. The number of benzene rings is 2. The Morgan fingerprint density at radius 2 is 1.47 bits per heavy atom. The lowest BCUT2D eigenvalue weighted by Crippen LogP contribution is -2.46. The van der Waals surface area contributed by atoms with Crippen LogP contribution in [0, 0.1) is 0 Å². The number of nitrogens with zero attached hydrogens (tertiary/aromatic N) is 2. The number of sulfonamides is 2. The molecule has 0 heterocycles. The topological polar surface area (TPSA) is 137 Å². The molecule has 2 aromatic carbocycles. The van der Waals surface area contributed by atoms with Crippen LogP contribution in [0.1, 0.15) is 26.3 Å². The second kappa shape index (κ2) is 10.3. The van der Waals surface area contributed by atoms with E-state index in [1.807, 2.05) is 30.3 Å². The first kappa shape index (κ1) is 26.9. The monoisotopic (exact) mass is 514 g/mol. The minimum absolute atomic E-state index is 0.175. The summed E-state index contributed by atoms with van der Waals surface area (Å²) < 4.78 is 59.3. The summed E-state index contributed by atoms with van der Waals surface area (Å²) >= 11 is 0. The lowest BCUT2D eigenvalue weighted by atomic mass is 10.2. The molecule has 2 rings (SSSR count). The fraction of sp³-hybridized carbons (Fsp3) is 0.333. The first-order valence-corrected chi connectivity index (χ1v) is 13.5. The Balaban J connectivity index is 2.33. The molecule has 186 valence electrons. The normalized spacial score (nSPS) is 11.9. The van der Waals surface area contributed by atoms with Crippen LogP contribution in [0.5, 0.6) is 5.75 Å². The predicted molar refractivity (Wildman–Crippen MR) is 124 cm³/mol. The van der Waals surface area contributed by atoms with E-state index in [0.29, 0.717) is 12.5 Å². The summed E-state index contributed by atoms with van der Waals surface area (Å²) in [5.74, 6) is 0.231. The number of anilines is 1. The van der Waals surface area contributed by atoms with E-state index in [1.54, 1.807) is 6.07 Å². The van der Waals surface area contributed by atoms with Gasteiger partial charge in [0.2, 0.25) is 10.0 Å². The summed E-state index contributed by atoms with van der Waals surface area (Å²) in [5, 5.41) is 0. The van der Waals surface area contributed by atoms with Crippen LogP contribution >= 0.6 is 0 Å². The van der Waals surface area contributed by atoms with Crippen LogP contribution in [0.4, 0.5) is 15.3 Å². The van der Waals surface area contributed by atoms with E-state index in [9.17, 15) is 26.4 Å². The predicted octanol–water partition coefficient (Wildman–Crippen LogP) is 3.28. The van der Waals surface area contributed by atoms with Gasteiger partial charge in [0.05, 0.1) is 18.2 Å². The molecule has 0 saturated carbocycles. The quantitative estimate of drug-likeness (QED) is 0.532. The molecule has 0 aromatic heterocycles. The molecule has 0 aliphatic carbocycles. The molecule has 0 N–H and O–H groups in total. The van der Waals surface area contributed by atoms with Crippen molar-refractivity contribution in [1.29, 1.82) is 0 Å². The zero-order valence-corrected chi connectivity index (χ0v) is 20.9. The van der Waals surface area contributed by atoms with Gasteiger partial charge in [-0.25, -0.2) is 26.4 Å². The molecule has 2 amide bonds. The van der Waals surface area contributed by atoms with Crippen molar-refractivity contribution in [2.45, 2.75) is 33.0 Å². The average molecular weight is 515 g/mol. The van der Waals surface area contributed by atoms with Crippen LogP contribution in [-0.4, -0.2) is 51.6 Å². The Morgan fingerprint density at radius 1 is 0.853 bits per heavy atom. The van der Waals surface area contributed by atoms with Crippen LogP contribution in [0.3, 0.4) is 0 Å². The Kier molecular flexibility index (Phi) is 8.16. The fourth-order valence-electron chi connectivity index (χ4n) is 2.52. The molecule has 11 nitrogen and oxygen atoms in total. The molecule has 0 unspecified atom stereocenters. The number of hydrogen-bond acceptors (Lipinski definition) is 9. The summed E-state index contributed by atoms with van der Waals surface area (Å²) in [4.78, 5) is 29.7. The molecule has 0 saturated heterocycles. The third-order valence-electron chi connectivity index (χ3n) is 3.80. The van der Waals surface area contributed by atoms with Crippen molar-refractivity contribution in [2.24, 2.45) is 0 Å². The summed E-state index contributed by atoms with van der Waals surface area (Å²) in [6, 6.07) is 14.7. The van der Waals surface area contributed by atoms with E-state index in [4.69, 9.17) is 9.47 Å². The smallest absolute Gasteiger partial charge is 0.459 e. The summed E-state index contributed by atoms with van der Waals surface area (Å²) in [5.41, 5.74) is -0.461. The maximum absolute atomic E-state index is 12.8. The highest BCUT2D eigenvalue weighted by Crippen LogP contribution is 2.25. The van der Waals surface area contributed by atoms with Crippen LogP contribution < -0.4 is 9.04 Å². The van der Waals surface area contributed by atoms with Gasteiger partial charge in [0.1, 0.15) is 18.0 Å². The van der Waals surface area contributed by atoms with Gasteiger partial charge >= 0.3 is 12.2 Å². The zero-order valence-electron chi connectivity index (χ0n) is 19.3. The molecule has 0 bridgehead atoms. The van der Waals surface area contributed by atoms with Gasteiger partial charge in [0.15, 0.2) is 0 Å². The van der Waals surface area contributed by atoms with Crippen molar-refractivity contribution in [2.75, 3.05) is 16.8 Å². The van der Waals surface area contributed by atoms with E-state index < -0.39 is 37.8 Å². The van der Waals surface area contributed by atoms with Gasteiger partial charge < -0.3 is 9.47 Å². The molecule has 0 fully saturated rings. The molecule has 0 atom stereocenters. The van der Waals surface area contributed by atoms with Crippen molar-refractivity contribution in [3.63, 3.8) is 0 Å². The number of carbonyl (C=O) groups is 2. The van der Waals surface area contributed by atoms with Gasteiger partial charge in [-0.05, 0) is 42.9 Å². The van der Waals surface area contributed by atoms with Gasteiger partial charge in [-0.2, -0.15) is 4.31 Å². The molecule has 0 aliphatic rings. The summed E-state index contributed by atoms with van der Waals surface area (Å²) in [6.07, 6.45) is -1.88. The molecule has 34 heavy (non-hydrogen) atoms. The number of amides is 2. The zero-order chi connectivity index (χ0) is 25.7. The van der Waals surface area contributed by atoms with Gasteiger partial charge in [-0.1, -0.05) is 36.4 Å².